The fourth-order valence-electron chi connectivity index (χ4n) is 3.10. The molecule has 12 nitrogen and oxygen atoms in total. The van der Waals surface area contributed by atoms with Gasteiger partial charge in [0.25, 0.3) is 0 Å². The average Bonchev–Trinajstić information content (AvgIpc) is 2.73. The minimum absolute atomic E-state index is 0.277. The third-order valence-corrected chi connectivity index (χ3v) is 4.88. The molecule has 0 unspecified atom stereocenters. The van der Waals surface area contributed by atoms with Gasteiger partial charge in [0.1, 0.15) is 0 Å². The number of hydrogen-bond donors (Lipinski definition) is 1. The van der Waals surface area contributed by atoms with E-state index in [-0.39, 0.29) is 5.69 Å². The molecule has 1 aromatic carbocycles. The van der Waals surface area contributed by atoms with Crippen LogP contribution in [0, 0.1) is 6.92 Å². The minimum Gasteiger partial charge on any atom is -0.467 e. The van der Waals surface area contributed by atoms with E-state index in [1.807, 2.05) is 0 Å². The first-order valence-electron chi connectivity index (χ1n) is 9.91. The van der Waals surface area contributed by atoms with Crippen molar-refractivity contribution < 1.29 is 52.4 Å². The Kier molecular flexibility index (Phi) is 9.21. The van der Waals surface area contributed by atoms with Crippen LogP contribution in [-0.4, -0.2) is 67.8 Å². The van der Waals surface area contributed by atoms with Gasteiger partial charge in [0.15, 0.2) is 18.3 Å². The topological polar surface area (TPSA) is 153 Å². The highest BCUT2D eigenvalue weighted by molar-refractivity contribution is 6.31. The van der Waals surface area contributed by atoms with Crippen molar-refractivity contribution in [3.05, 3.63) is 28.8 Å². The number of anilines is 1. The smallest absolute Gasteiger partial charge is 0.414 e. The van der Waals surface area contributed by atoms with E-state index in [1.54, 1.807) is 19.1 Å². The Morgan fingerprint density at radius 3 is 1.97 bits per heavy atom. The zero-order chi connectivity index (χ0) is 25.6. The van der Waals surface area contributed by atoms with Crippen LogP contribution in [0.25, 0.3) is 0 Å². The van der Waals surface area contributed by atoms with Crippen molar-refractivity contribution in [3.63, 3.8) is 0 Å². The molecule has 1 saturated heterocycles. The Morgan fingerprint density at radius 2 is 1.44 bits per heavy atom. The lowest BCUT2D eigenvalue weighted by Gasteiger charge is -2.42. The lowest BCUT2D eigenvalue weighted by molar-refractivity contribution is -0.287. The Hall–Kier alpha value is -3.38. The van der Waals surface area contributed by atoms with Gasteiger partial charge in [-0.2, -0.15) is 0 Å². The molecule has 13 heteroatoms. The number of esters is 4. The van der Waals surface area contributed by atoms with E-state index in [0.717, 1.165) is 33.4 Å². The summed E-state index contributed by atoms with van der Waals surface area (Å²) in [4.78, 5) is 60.1. The zero-order valence-corrected chi connectivity index (χ0v) is 19.7. The van der Waals surface area contributed by atoms with Gasteiger partial charge >= 0.3 is 30.0 Å². The number of methoxy groups -OCH3 is 1. The predicted octanol–water partition coefficient (Wildman–Crippen LogP) is 1.89. The van der Waals surface area contributed by atoms with Gasteiger partial charge in [-0.25, -0.2) is 9.59 Å². The summed E-state index contributed by atoms with van der Waals surface area (Å²) in [6, 6.07) is 4.69. The van der Waals surface area contributed by atoms with Crippen LogP contribution < -0.4 is 5.32 Å². The molecule has 0 aromatic heterocycles. The van der Waals surface area contributed by atoms with Gasteiger partial charge in [-0.3, -0.25) is 19.7 Å². The molecule has 34 heavy (non-hydrogen) atoms. The second-order valence-electron chi connectivity index (χ2n) is 7.16. The standard InChI is InChI=1S/C21H24ClNO11/c1-9-6-7-13(8-14(9)22)23-21(28)34-20-18(32-12(4)26)16(31-11(3)25)15(30-10(2)24)17(33-20)19(27)29-5/h6-8,15-18,20H,1-5H3,(H,23,28)/t15-,16-,17-,18+,20-/m0/s1. The van der Waals surface area contributed by atoms with Crippen LogP contribution in [0.4, 0.5) is 10.5 Å². The number of hydrogen-bond acceptors (Lipinski definition) is 11. The molecule has 0 spiro atoms. The molecule has 1 amide bonds. The van der Waals surface area contributed by atoms with E-state index >= 15 is 0 Å². The second kappa shape index (κ2) is 11.7. The quantitative estimate of drug-likeness (QED) is 0.449. The van der Waals surface area contributed by atoms with Gasteiger partial charge in [0.05, 0.1) is 7.11 Å². The first-order valence-corrected chi connectivity index (χ1v) is 10.3. The molecule has 0 bridgehead atoms. The highest BCUT2D eigenvalue weighted by Gasteiger charge is 2.56. The van der Waals surface area contributed by atoms with Crippen LogP contribution in [0.1, 0.15) is 26.3 Å². The number of carbonyl (C=O) groups is 5. The molecule has 2 rings (SSSR count). The maximum absolute atomic E-state index is 12.5. The van der Waals surface area contributed by atoms with Crippen LogP contribution in [0.3, 0.4) is 0 Å². The van der Waals surface area contributed by atoms with Crippen LogP contribution in [0.2, 0.25) is 5.02 Å². The molecule has 186 valence electrons. The summed E-state index contributed by atoms with van der Waals surface area (Å²) in [7, 11) is 1.04. The third-order valence-electron chi connectivity index (χ3n) is 4.48. The Balaban J connectivity index is 2.39. The number of carbonyl (C=O) groups excluding carboxylic acids is 5. The van der Waals surface area contributed by atoms with Crippen molar-refractivity contribution in [2.45, 2.75) is 58.4 Å². The second-order valence-corrected chi connectivity index (χ2v) is 7.57. The molecular formula is C21H24ClNO11. The Labute approximate surface area is 199 Å². The Morgan fingerprint density at radius 1 is 0.882 bits per heavy atom. The van der Waals surface area contributed by atoms with E-state index < -0.39 is 60.7 Å². The van der Waals surface area contributed by atoms with E-state index in [4.69, 9.17) is 35.3 Å². The normalized spacial score (nSPS) is 23.8. The monoisotopic (exact) mass is 501 g/mol. The molecule has 0 saturated carbocycles. The highest BCUT2D eigenvalue weighted by Crippen LogP contribution is 2.30. The predicted molar refractivity (Wildman–Crippen MR) is 114 cm³/mol. The first-order chi connectivity index (χ1) is 15.9. The fraction of sp³-hybridized carbons (Fsp3) is 0.476. The fourth-order valence-corrected chi connectivity index (χ4v) is 3.28. The van der Waals surface area contributed by atoms with Gasteiger partial charge in [0, 0.05) is 31.5 Å². The first kappa shape index (κ1) is 26.9. The molecule has 1 heterocycles. The number of nitrogens with one attached hydrogen (secondary N) is 1. The molecule has 1 aliphatic rings. The van der Waals surface area contributed by atoms with Gasteiger partial charge in [-0.05, 0) is 24.6 Å². The maximum atomic E-state index is 12.5. The summed E-state index contributed by atoms with van der Waals surface area (Å²) in [5.74, 6) is -3.59. The molecule has 1 N–H and O–H groups in total. The summed E-state index contributed by atoms with van der Waals surface area (Å²) < 4.78 is 30.9. The van der Waals surface area contributed by atoms with E-state index in [0.29, 0.717) is 5.02 Å². The molecule has 1 fully saturated rings. The van der Waals surface area contributed by atoms with E-state index in [1.165, 1.54) is 6.07 Å². The molecular weight excluding hydrogens is 478 g/mol. The van der Waals surface area contributed by atoms with Gasteiger partial charge in [-0.15, -0.1) is 0 Å². The lowest BCUT2D eigenvalue weighted by Crippen LogP contribution is -2.64. The SMILES string of the molecule is COC(=O)[C@H]1O[C@@H](OC(=O)Nc2ccc(C)c(Cl)c2)[C@H](OC(C)=O)[C@@H](OC(C)=O)[C@@H]1OC(C)=O. The van der Waals surface area contributed by atoms with Gasteiger partial charge in [0.2, 0.25) is 12.4 Å². The summed E-state index contributed by atoms with van der Waals surface area (Å²) in [6.07, 6.45) is -9.26. The summed E-state index contributed by atoms with van der Waals surface area (Å²) >= 11 is 6.05. The number of rotatable bonds is 6. The number of benzene rings is 1. The van der Waals surface area contributed by atoms with Crippen molar-refractivity contribution in [2.24, 2.45) is 0 Å². The van der Waals surface area contributed by atoms with Gasteiger partial charge < -0.3 is 28.4 Å². The van der Waals surface area contributed by atoms with Crippen LogP contribution in [-0.2, 0) is 47.6 Å². The Bertz CT molecular complexity index is 966. The van der Waals surface area contributed by atoms with Gasteiger partial charge in [-0.1, -0.05) is 17.7 Å². The number of aryl methyl sites for hydroxylation is 1. The molecule has 5 atom stereocenters. The number of ether oxygens (including phenoxy) is 6. The molecule has 0 radical (unpaired) electrons. The van der Waals surface area contributed by atoms with Crippen molar-refractivity contribution >= 4 is 47.3 Å². The number of halogens is 1. The highest BCUT2D eigenvalue weighted by atomic mass is 35.5. The van der Waals surface area contributed by atoms with Crippen LogP contribution in [0.5, 0.6) is 0 Å². The zero-order valence-electron chi connectivity index (χ0n) is 19.0. The maximum Gasteiger partial charge on any atom is 0.414 e. The van der Waals surface area contributed by atoms with E-state index in [9.17, 15) is 24.0 Å². The number of amides is 1. The molecule has 1 aliphatic heterocycles. The molecule has 0 aliphatic carbocycles. The van der Waals surface area contributed by atoms with Crippen molar-refractivity contribution in [1.82, 2.24) is 0 Å². The average molecular weight is 502 g/mol. The minimum atomic E-state index is -1.76. The third kappa shape index (κ3) is 7.06. The van der Waals surface area contributed by atoms with Crippen molar-refractivity contribution in [1.29, 1.82) is 0 Å². The van der Waals surface area contributed by atoms with Crippen LogP contribution in [0.15, 0.2) is 18.2 Å². The van der Waals surface area contributed by atoms with Crippen molar-refractivity contribution in [2.75, 3.05) is 12.4 Å². The van der Waals surface area contributed by atoms with Crippen LogP contribution >= 0.6 is 11.6 Å². The summed E-state index contributed by atoms with van der Waals surface area (Å²) in [6.45, 7) is 4.90. The summed E-state index contributed by atoms with van der Waals surface area (Å²) in [5.41, 5.74) is 1.05. The van der Waals surface area contributed by atoms with Crippen molar-refractivity contribution in [3.8, 4) is 0 Å². The lowest BCUT2D eigenvalue weighted by atomic mass is 9.97. The largest absolute Gasteiger partial charge is 0.467 e. The summed E-state index contributed by atoms with van der Waals surface area (Å²) in [5, 5.41) is 2.80. The molecule has 1 aromatic rings. The van der Waals surface area contributed by atoms with E-state index in [2.05, 4.69) is 10.1 Å².